The van der Waals surface area contributed by atoms with Crippen molar-refractivity contribution in [2.75, 3.05) is 16.8 Å². The van der Waals surface area contributed by atoms with Crippen molar-refractivity contribution in [2.45, 2.75) is 4.90 Å². The van der Waals surface area contributed by atoms with Gasteiger partial charge in [-0.3, -0.25) is 4.79 Å². The molecule has 2 aromatic rings. The summed E-state index contributed by atoms with van der Waals surface area (Å²) in [6.07, 6.45) is 0. The highest BCUT2D eigenvalue weighted by atomic mass is 35.5. The number of thioether (sulfide) groups is 1. The van der Waals surface area contributed by atoms with Crippen molar-refractivity contribution in [3.05, 3.63) is 52.5 Å². The van der Waals surface area contributed by atoms with Crippen LogP contribution in [-0.2, 0) is 4.79 Å². The number of carbonyl (C=O) groups excluding carboxylic acids is 1. The van der Waals surface area contributed by atoms with Crippen LogP contribution in [-0.4, -0.2) is 11.7 Å². The number of nitrogens with one attached hydrogen (secondary N) is 1. The highest BCUT2D eigenvalue weighted by molar-refractivity contribution is 8.00. The summed E-state index contributed by atoms with van der Waals surface area (Å²) in [5.41, 5.74) is 6.74. The number of nitrogen functional groups attached to an aromatic ring is 1. The maximum absolute atomic E-state index is 11.9. The first-order valence-electron chi connectivity index (χ1n) is 5.78. The van der Waals surface area contributed by atoms with Gasteiger partial charge in [-0.2, -0.15) is 0 Å². The number of rotatable bonds is 4. The Morgan fingerprint density at radius 1 is 1.10 bits per heavy atom. The fourth-order valence-corrected chi connectivity index (χ4v) is 2.70. The molecule has 0 aliphatic rings. The lowest BCUT2D eigenvalue weighted by atomic mass is 10.3. The van der Waals surface area contributed by atoms with E-state index >= 15 is 0 Å². The molecule has 0 fully saturated rings. The molecule has 3 N–H and O–H groups in total. The van der Waals surface area contributed by atoms with Crippen molar-refractivity contribution >= 4 is 52.2 Å². The van der Waals surface area contributed by atoms with Crippen LogP contribution in [0.3, 0.4) is 0 Å². The van der Waals surface area contributed by atoms with E-state index in [1.54, 1.807) is 30.3 Å². The molecule has 0 atom stereocenters. The lowest BCUT2D eigenvalue weighted by Crippen LogP contribution is -2.14. The molecule has 0 aliphatic heterocycles. The van der Waals surface area contributed by atoms with E-state index in [1.165, 1.54) is 11.8 Å². The zero-order valence-corrected chi connectivity index (χ0v) is 12.7. The molecule has 0 spiro atoms. The highest BCUT2D eigenvalue weighted by Crippen LogP contribution is 2.30. The third-order valence-electron chi connectivity index (χ3n) is 2.48. The Balaban J connectivity index is 1.94. The minimum atomic E-state index is -0.165. The van der Waals surface area contributed by atoms with Crippen LogP contribution in [0.4, 0.5) is 11.4 Å². The molecule has 0 unspecified atom stereocenters. The van der Waals surface area contributed by atoms with Crippen LogP contribution < -0.4 is 11.1 Å². The summed E-state index contributed by atoms with van der Waals surface area (Å²) in [6, 6.07) is 12.4. The number of carbonyl (C=O) groups is 1. The third-order valence-corrected chi connectivity index (χ3v) is 4.12. The highest BCUT2D eigenvalue weighted by Gasteiger charge is 2.09. The zero-order valence-electron chi connectivity index (χ0n) is 10.4. The van der Waals surface area contributed by atoms with Gasteiger partial charge in [0.25, 0.3) is 0 Å². The Bertz CT molecular complexity index is 597. The Kier molecular flexibility index (Phi) is 5.17. The molecule has 2 aromatic carbocycles. The molecule has 0 aliphatic carbocycles. The van der Waals surface area contributed by atoms with Crippen molar-refractivity contribution in [3.8, 4) is 0 Å². The molecule has 0 saturated carbocycles. The van der Waals surface area contributed by atoms with Crippen LogP contribution in [0.25, 0.3) is 0 Å². The van der Waals surface area contributed by atoms with Gasteiger partial charge in [-0.1, -0.05) is 29.3 Å². The van der Waals surface area contributed by atoms with Crippen molar-refractivity contribution in [3.63, 3.8) is 0 Å². The number of hydrogen-bond donors (Lipinski definition) is 2. The Morgan fingerprint density at radius 3 is 2.30 bits per heavy atom. The van der Waals surface area contributed by atoms with Gasteiger partial charge in [0.05, 0.1) is 21.5 Å². The molecule has 0 bridgehead atoms. The fraction of sp³-hybridized carbons (Fsp3) is 0.0714. The minimum absolute atomic E-state index is 0.165. The summed E-state index contributed by atoms with van der Waals surface area (Å²) in [4.78, 5) is 12.9. The van der Waals surface area contributed by atoms with E-state index in [-0.39, 0.29) is 11.7 Å². The van der Waals surface area contributed by atoms with E-state index < -0.39 is 0 Å². The average Bonchev–Trinajstić information content (AvgIpc) is 2.42. The van der Waals surface area contributed by atoms with Crippen LogP contribution in [0.5, 0.6) is 0 Å². The number of para-hydroxylation sites is 1. The maximum atomic E-state index is 11.9. The molecule has 20 heavy (non-hydrogen) atoms. The summed E-state index contributed by atoms with van der Waals surface area (Å²) >= 11 is 13.4. The predicted molar refractivity (Wildman–Crippen MR) is 86.7 cm³/mol. The second-order valence-electron chi connectivity index (χ2n) is 4.00. The summed E-state index contributed by atoms with van der Waals surface area (Å²) in [5.74, 6) is 0.104. The molecular formula is C14H12Cl2N2OS. The first-order chi connectivity index (χ1) is 9.56. The Morgan fingerprint density at radius 2 is 1.70 bits per heavy atom. The normalized spacial score (nSPS) is 10.3. The quantitative estimate of drug-likeness (QED) is 0.650. The third kappa shape index (κ3) is 4.07. The molecule has 6 heteroatoms. The van der Waals surface area contributed by atoms with E-state index in [1.807, 2.05) is 12.1 Å². The van der Waals surface area contributed by atoms with E-state index in [0.29, 0.717) is 21.4 Å². The molecule has 3 nitrogen and oxygen atoms in total. The number of hydrogen-bond acceptors (Lipinski definition) is 3. The number of nitrogens with two attached hydrogens (primary N) is 1. The van der Waals surface area contributed by atoms with E-state index in [2.05, 4.69) is 5.32 Å². The molecule has 104 valence electrons. The van der Waals surface area contributed by atoms with Gasteiger partial charge in [-0.15, -0.1) is 11.8 Å². The molecule has 0 heterocycles. The van der Waals surface area contributed by atoms with Gasteiger partial charge < -0.3 is 11.1 Å². The van der Waals surface area contributed by atoms with Gasteiger partial charge in [0, 0.05) is 10.6 Å². The van der Waals surface area contributed by atoms with Crippen LogP contribution in [0.2, 0.25) is 10.0 Å². The van der Waals surface area contributed by atoms with Gasteiger partial charge in [0.2, 0.25) is 5.91 Å². The van der Waals surface area contributed by atoms with Crippen molar-refractivity contribution in [2.24, 2.45) is 0 Å². The fourth-order valence-electron chi connectivity index (χ4n) is 1.51. The largest absolute Gasteiger partial charge is 0.399 e. The van der Waals surface area contributed by atoms with Gasteiger partial charge in [-0.25, -0.2) is 0 Å². The minimum Gasteiger partial charge on any atom is -0.399 e. The van der Waals surface area contributed by atoms with Gasteiger partial charge in [0.1, 0.15) is 0 Å². The second kappa shape index (κ2) is 6.88. The molecule has 0 radical (unpaired) electrons. The van der Waals surface area contributed by atoms with Crippen LogP contribution in [0.1, 0.15) is 0 Å². The van der Waals surface area contributed by atoms with Crippen molar-refractivity contribution in [1.29, 1.82) is 0 Å². The van der Waals surface area contributed by atoms with Gasteiger partial charge >= 0.3 is 0 Å². The first kappa shape index (κ1) is 15.0. The first-order valence-corrected chi connectivity index (χ1v) is 7.52. The number of halogens is 2. The lowest BCUT2D eigenvalue weighted by molar-refractivity contribution is -0.113. The molecular weight excluding hydrogens is 315 g/mol. The number of benzene rings is 2. The standard InChI is InChI=1S/C14H12Cl2N2OS/c15-11-2-1-3-12(16)14(11)18-13(19)8-20-10-6-4-9(17)5-7-10/h1-7H,8,17H2,(H,18,19). The Hall–Kier alpha value is -1.36. The maximum Gasteiger partial charge on any atom is 0.234 e. The number of amides is 1. The topological polar surface area (TPSA) is 55.1 Å². The van der Waals surface area contributed by atoms with Crippen LogP contribution >= 0.6 is 35.0 Å². The Labute approximate surface area is 131 Å². The lowest BCUT2D eigenvalue weighted by Gasteiger charge is -2.09. The smallest absolute Gasteiger partial charge is 0.234 e. The monoisotopic (exact) mass is 326 g/mol. The average molecular weight is 327 g/mol. The zero-order chi connectivity index (χ0) is 14.5. The molecule has 0 saturated heterocycles. The number of anilines is 2. The molecule has 2 rings (SSSR count). The summed E-state index contributed by atoms with van der Waals surface area (Å²) < 4.78 is 0. The molecule has 1 amide bonds. The predicted octanol–water partition coefficient (Wildman–Crippen LogP) is 4.31. The molecule has 0 aromatic heterocycles. The second-order valence-corrected chi connectivity index (χ2v) is 5.87. The van der Waals surface area contributed by atoms with E-state index in [9.17, 15) is 4.79 Å². The van der Waals surface area contributed by atoms with Crippen molar-refractivity contribution < 1.29 is 4.79 Å². The van der Waals surface area contributed by atoms with Gasteiger partial charge in [-0.05, 0) is 36.4 Å². The van der Waals surface area contributed by atoms with E-state index in [4.69, 9.17) is 28.9 Å². The van der Waals surface area contributed by atoms with Crippen LogP contribution in [0, 0.1) is 0 Å². The van der Waals surface area contributed by atoms with Gasteiger partial charge in [0.15, 0.2) is 0 Å². The summed E-state index contributed by atoms with van der Waals surface area (Å²) in [5, 5.41) is 3.55. The SMILES string of the molecule is Nc1ccc(SCC(=O)Nc2c(Cl)cccc2Cl)cc1. The summed E-state index contributed by atoms with van der Waals surface area (Å²) in [7, 11) is 0. The van der Waals surface area contributed by atoms with Crippen molar-refractivity contribution in [1.82, 2.24) is 0 Å². The summed E-state index contributed by atoms with van der Waals surface area (Å²) in [6.45, 7) is 0. The van der Waals surface area contributed by atoms with Crippen LogP contribution in [0.15, 0.2) is 47.4 Å². The van der Waals surface area contributed by atoms with E-state index in [0.717, 1.165) is 4.90 Å².